The number of methoxy groups -OCH3 is 1. The minimum Gasteiger partial charge on any atom is -0.491 e. The van der Waals surface area contributed by atoms with Crippen LogP contribution in [0.15, 0.2) is 48.5 Å². The summed E-state index contributed by atoms with van der Waals surface area (Å²) in [6.07, 6.45) is 0. The summed E-state index contributed by atoms with van der Waals surface area (Å²) in [6.45, 7) is 2.76. The Hall–Kier alpha value is -2.86. The molecule has 0 heterocycles. The van der Waals surface area contributed by atoms with Crippen molar-refractivity contribution in [3.8, 4) is 5.75 Å². The van der Waals surface area contributed by atoms with Crippen molar-refractivity contribution in [2.75, 3.05) is 20.3 Å². The van der Waals surface area contributed by atoms with Crippen LogP contribution in [0.3, 0.4) is 0 Å². The Labute approximate surface area is 140 Å². The van der Waals surface area contributed by atoms with Gasteiger partial charge in [-0.15, -0.1) is 0 Å². The molecule has 0 bridgehead atoms. The first-order valence-electron chi connectivity index (χ1n) is 7.50. The maximum Gasteiger partial charge on any atom is 0.269 e. The molecule has 0 radical (unpaired) electrons. The van der Waals surface area contributed by atoms with Crippen molar-refractivity contribution in [2.45, 2.75) is 6.92 Å². The molecule has 0 fully saturated rings. The predicted octanol–water partition coefficient (Wildman–Crippen LogP) is 2.10. The largest absolute Gasteiger partial charge is 0.491 e. The third-order valence-corrected chi connectivity index (χ3v) is 3.35. The van der Waals surface area contributed by atoms with Crippen molar-refractivity contribution in [1.82, 2.24) is 10.9 Å². The number of hydrazine groups is 1. The fraction of sp³-hybridized carbons (Fsp3) is 0.222. The molecule has 2 aromatic carbocycles. The highest BCUT2D eigenvalue weighted by molar-refractivity contribution is 5.99. The van der Waals surface area contributed by atoms with E-state index in [1.807, 2.05) is 19.1 Å². The maximum atomic E-state index is 12.1. The smallest absolute Gasteiger partial charge is 0.269 e. The lowest BCUT2D eigenvalue weighted by Gasteiger charge is -2.10. The fourth-order valence-corrected chi connectivity index (χ4v) is 2.03. The number of hydrogen-bond donors (Lipinski definition) is 2. The van der Waals surface area contributed by atoms with E-state index in [0.717, 1.165) is 5.56 Å². The molecular weight excluding hydrogens is 308 g/mol. The minimum atomic E-state index is -0.402. The molecule has 0 atom stereocenters. The second kappa shape index (κ2) is 8.69. The van der Waals surface area contributed by atoms with Crippen LogP contribution in [-0.2, 0) is 4.74 Å². The van der Waals surface area contributed by atoms with Gasteiger partial charge >= 0.3 is 0 Å². The third kappa shape index (κ3) is 4.82. The molecule has 0 unspecified atom stereocenters. The van der Waals surface area contributed by atoms with Gasteiger partial charge in [-0.25, -0.2) is 0 Å². The number of amides is 2. The van der Waals surface area contributed by atoms with E-state index in [4.69, 9.17) is 9.47 Å². The first kappa shape index (κ1) is 17.5. The molecule has 6 heteroatoms. The Morgan fingerprint density at radius 1 is 0.917 bits per heavy atom. The zero-order valence-corrected chi connectivity index (χ0v) is 13.7. The highest BCUT2D eigenvalue weighted by atomic mass is 16.5. The third-order valence-electron chi connectivity index (χ3n) is 3.35. The average Bonchev–Trinajstić information content (AvgIpc) is 2.60. The van der Waals surface area contributed by atoms with Crippen LogP contribution in [0.4, 0.5) is 0 Å². The van der Waals surface area contributed by atoms with Gasteiger partial charge in [0.15, 0.2) is 0 Å². The Kier molecular flexibility index (Phi) is 6.33. The lowest BCUT2D eigenvalue weighted by atomic mass is 10.1. The number of hydrogen-bond acceptors (Lipinski definition) is 4. The van der Waals surface area contributed by atoms with Crippen LogP contribution >= 0.6 is 0 Å². The number of nitrogens with one attached hydrogen (secondary N) is 2. The quantitative estimate of drug-likeness (QED) is 0.629. The van der Waals surface area contributed by atoms with E-state index in [1.165, 1.54) is 0 Å². The highest BCUT2D eigenvalue weighted by Gasteiger charge is 2.10. The van der Waals surface area contributed by atoms with Gasteiger partial charge in [0.2, 0.25) is 0 Å². The van der Waals surface area contributed by atoms with Crippen LogP contribution in [0, 0.1) is 6.92 Å². The fourth-order valence-electron chi connectivity index (χ4n) is 2.03. The van der Waals surface area contributed by atoms with E-state index >= 15 is 0 Å². The first-order valence-corrected chi connectivity index (χ1v) is 7.50. The van der Waals surface area contributed by atoms with E-state index < -0.39 is 5.91 Å². The van der Waals surface area contributed by atoms with Crippen LogP contribution in [-0.4, -0.2) is 32.1 Å². The summed E-state index contributed by atoms with van der Waals surface area (Å²) in [7, 11) is 1.60. The van der Waals surface area contributed by atoms with Gasteiger partial charge in [-0.1, -0.05) is 18.2 Å². The van der Waals surface area contributed by atoms with Crippen molar-refractivity contribution in [3.63, 3.8) is 0 Å². The Bertz CT molecular complexity index is 698. The van der Waals surface area contributed by atoms with Crippen LogP contribution < -0.4 is 15.6 Å². The summed E-state index contributed by atoms with van der Waals surface area (Å²) in [5.41, 5.74) is 6.57. The van der Waals surface area contributed by atoms with E-state index in [2.05, 4.69) is 10.9 Å². The van der Waals surface area contributed by atoms with Crippen LogP contribution in [0.1, 0.15) is 26.3 Å². The first-order chi connectivity index (χ1) is 11.6. The van der Waals surface area contributed by atoms with Crippen molar-refractivity contribution in [1.29, 1.82) is 0 Å². The van der Waals surface area contributed by atoms with Gasteiger partial charge in [0.1, 0.15) is 12.4 Å². The molecule has 0 aromatic heterocycles. The highest BCUT2D eigenvalue weighted by Crippen LogP contribution is 2.12. The number of rotatable bonds is 6. The summed E-state index contributed by atoms with van der Waals surface area (Å²) < 4.78 is 10.3. The maximum absolute atomic E-state index is 12.1. The molecule has 2 amide bonds. The van der Waals surface area contributed by atoms with Crippen LogP contribution in [0.2, 0.25) is 0 Å². The van der Waals surface area contributed by atoms with Gasteiger partial charge in [-0.2, -0.15) is 0 Å². The van der Waals surface area contributed by atoms with E-state index in [-0.39, 0.29) is 5.91 Å². The Morgan fingerprint density at radius 2 is 1.58 bits per heavy atom. The molecule has 6 nitrogen and oxygen atoms in total. The summed E-state index contributed by atoms with van der Waals surface area (Å²) in [4.78, 5) is 24.1. The molecule has 2 rings (SSSR count). The van der Waals surface area contributed by atoms with Gasteiger partial charge in [-0.3, -0.25) is 20.4 Å². The molecule has 126 valence electrons. The van der Waals surface area contributed by atoms with E-state index in [1.54, 1.807) is 43.5 Å². The summed E-state index contributed by atoms with van der Waals surface area (Å²) >= 11 is 0. The van der Waals surface area contributed by atoms with Crippen molar-refractivity contribution in [3.05, 3.63) is 65.2 Å². The molecule has 2 N–H and O–H groups in total. The number of carbonyl (C=O) groups excluding carboxylic acids is 2. The Balaban J connectivity index is 1.88. The SMILES string of the molecule is COCCOc1ccc(C(=O)NNC(=O)c2ccccc2C)cc1. The van der Waals surface area contributed by atoms with Gasteiger partial charge < -0.3 is 9.47 Å². The number of ether oxygens (including phenoxy) is 2. The van der Waals surface area contributed by atoms with E-state index in [9.17, 15) is 9.59 Å². The van der Waals surface area contributed by atoms with Crippen molar-refractivity contribution in [2.24, 2.45) is 0 Å². The molecule has 24 heavy (non-hydrogen) atoms. The zero-order valence-electron chi connectivity index (χ0n) is 13.7. The second-order valence-corrected chi connectivity index (χ2v) is 5.09. The Morgan fingerprint density at radius 3 is 2.25 bits per heavy atom. The number of carbonyl (C=O) groups is 2. The lowest BCUT2D eigenvalue weighted by molar-refractivity contribution is 0.0846. The van der Waals surface area contributed by atoms with Gasteiger partial charge in [0.05, 0.1) is 6.61 Å². The van der Waals surface area contributed by atoms with E-state index in [0.29, 0.717) is 30.1 Å². The molecule has 0 aliphatic rings. The molecule has 0 aliphatic carbocycles. The molecule has 0 spiro atoms. The summed E-state index contributed by atoms with van der Waals surface area (Å²) in [5.74, 6) is -0.117. The lowest BCUT2D eigenvalue weighted by Crippen LogP contribution is -2.41. The topological polar surface area (TPSA) is 76.7 Å². The van der Waals surface area contributed by atoms with Gasteiger partial charge in [0.25, 0.3) is 11.8 Å². The molecule has 0 saturated heterocycles. The predicted molar refractivity (Wildman–Crippen MR) is 89.9 cm³/mol. The minimum absolute atomic E-state index is 0.360. The molecular formula is C18H20N2O4. The molecule has 0 saturated carbocycles. The average molecular weight is 328 g/mol. The molecule has 2 aromatic rings. The van der Waals surface area contributed by atoms with Gasteiger partial charge in [0, 0.05) is 18.2 Å². The summed E-state index contributed by atoms with van der Waals surface area (Å²) in [6, 6.07) is 13.8. The van der Waals surface area contributed by atoms with Crippen molar-refractivity contribution >= 4 is 11.8 Å². The standard InChI is InChI=1S/C18H20N2O4/c1-13-5-3-4-6-16(13)18(22)20-19-17(21)14-7-9-15(10-8-14)24-12-11-23-2/h3-10H,11-12H2,1-2H3,(H,19,21)(H,20,22). The summed E-state index contributed by atoms with van der Waals surface area (Å²) in [5, 5.41) is 0. The van der Waals surface area contributed by atoms with Crippen LogP contribution in [0.5, 0.6) is 5.75 Å². The number of benzene rings is 2. The zero-order chi connectivity index (χ0) is 17.4. The monoisotopic (exact) mass is 328 g/mol. The van der Waals surface area contributed by atoms with Crippen molar-refractivity contribution < 1.29 is 19.1 Å². The second-order valence-electron chi connectivity index (χ2n) is 5.09. The molecule has 0 aliphatic heterocycles. The van der Waals surface area contributed by atoms with Gasteiger partial charge in [-0.05, 0) is 42.8 Å². The van der Waals surface area contributed by atoms with Crippen LogP contribution in [0.25, 0.3) is 0 Å². The normalized spacial score (nSPS) is 10.1. The number of aryl methyl sites for hydroxylation is 1.